The van der Waals surface area contributed by atoms with Gasteiger partial charge in [-0.05, 0) is 49.6 Å². The molecule has 0 aromatic heterocycles. The molecule has 0 radical (unpaired) electrons. The van der Waals surface area contributed by atoms with Crippen LogP contribution in [0.3, 0.4) is 0 Å². The first-order valence-electron chi connectivity index (χ1n) is 8.69. The van der Waals surface area contributed by atoms with Crippen molar-refractivity contribution in [2.75, 3.05) is 19.4 Å². The van der Waals surface area contributed by atoms with E-state index in [0.29, 0.717) is 24.3 Å². The van der Waals surface area contributed by atoms with Crippen molar-refractivity contribution in [1.82, 2.24) is 4.90 Å². The number of ether oxygens (including phenoxy) is 1. The summed E-state index contributed by atoms with van der Waals surface area (Å²) in [5, 5.41) is 2.85. The summed E-state index contributed by atoms with van der Waals surface area (Å²) >= 11 is 0. The SMILES string of the molecule is Cc1ccccc1O[C@H](C)C(=O)Nc1ccc(CCC(=O)N(C)C)cc1. The second-order valence-electron chi connectivity index (χ2n) is 6.50. The van der Waals surface area contributed by atoms with E-state index in [2.05, 4.69) is 5.32 Å². The first-order chi connectivity index (χ1) is 12.4. The highest BCUT2D eigenvalue weighted by molar-refractivity contribution is 5.94. The summed E-state index contributed by atoms with van der Waals surface area (Å²) in [6.45, 7) is 3.67. The maximum atomic E-state index is 12.3. The quantitative estimate of drug-likeness (QED) is 0.829. The molecule has 0 fully saturated rings. The Morgan fingerprint density at radius 2 is 1.73 bits per heavy atom. The second kappa shape index (κ2) is 9.04. The zero-order valence-corrected chi connectivity index (χ0v) is 15.8. The second-order valence-corrected chi connectivity index (χ2v) is 6.50. The summed E-state index contributed by atoms with van der Waals surface area (Å²) in [6, 6.07) is 15.1. The van der Waals surface area contributed by atoms with Crippen molar-refractivity contribution >= 4 is 17.5 Å². The predicted octanol–water partition coefficient (Wildman–Crippen LogP) is 3.42. The average molecular weight is 354 g/mol. The minimum Gasteiger partial charge on any atom is -0.481 e. The molecular weight excluding hydrogens is 328 g/mol. The summed E-state index contributed by atoms with van der Waals surface area (Å²) in [6.07, 6.45) is 0.548. The van der Waals surface area contributed by atoms with Crippen molar-refractivity contribution in [3.8, 4) is 5.75 Å². The number of carbonyl (C=O) groups is 2. The molecule has 0 aliphatic rings. The van der Waals surface area contributed by atoms with Crippen LogP contribution in [-0.4, -0.2) is 36.9 Å². The van der Waals surface area contributed by atoms with E-state index in [1.165, 1.54) is 0 Å². The minimum absolute atomic E-state index is 0.101. The van der Waals surface area contributed by atoms with Crippen LogP contribution in [0.25, 0.3) is 0 Å². The Morgan fingerprint density at radius 1 is 1.08 bits per heavy atom. The fraction of sp³-hybridized carbons (Fsp3) is 0.333. The van der Waals surface area contributed by atoms with Gasteiger partial charge in [-0.1, -0.05) is 30.3 Å². The van der Waals surface area contributed by atoms with E-state index in [1.54, 1.807) is 25.9 Å². The normalized spacial score (nSPS) is 11.5. The number of carbonyl (C=O) groups excluding carboxylic acids is 2. The molecule has 0 spiro atoms. The highest BCUT2D eigenvalue weighted by atomic mass is 16.5. The topological polar surface area (TPSA) is 58.6 Å². The van der Waals surface area contributed by atoms with Gasteiger partial charge in [0.2, 0.25) is 5.91 Å². The van der Waals surface area contributed by atoms with Crippen LogP contribution in [0.4, 0.5) is 5.69 Å². The summed E-state index contributed by atoms with van der Waals surface area (Å²) < 4.78 is 5.74. The van der Waals surface area contributed by atoms with Gasteiger partial charge in [-0.2, -0.15) is 0 Å². The van der Waals surface area contributed by atoms with Gasteiger partial charge in [0.05, 0.1) is 0 Å². The molecule has 5 heteroatoms. The smallest absolute Gasteiger partial charge is 0.265 e. The standard InChI is InChI=1S/C21H26N2O3/c1-15-7-5-6-8-19(15)26-16(2)21(25)22-18-12-9-17(10-13-18)11-14-20(24)23(3)4/h5-10,12-13,16H,11,14H2,1-4H3,(H,22,25)/t16-/m1/s1. The van der Waals surface area contributed by atoms with Crippen LogP contribution in [0.15, 0.2) is 48.5 Å². The summed E-state index contributed by atoms with van der Waals surface area (Å²) in [5.41, 5.74) is 2.75. The molecular formula is C21H26N2O3. The lowest BCUT2D eigenvalue weighted by Gasteiger charge is -2.16. The Morgan fingerprint density at radius 3 is 2.35 bits per heavy atom. The van der Waals surface area contributed by atoms with E-state index in [4.69, 9.17) is 4.74 Å². The Balaban J connectivity index is 1.88. The lowest BCUT2D eigenvalue weighted by atomic mass is 10.1. The average Bonchev–Trinajstić information content (AvgIpc) is 2.62. The Kier molecular flexibility index (Phi) is 6.78. The zero-order chi connectivity index (χ0) is 19.1. The lowest BCUT2D eigenvalue weighted by molar-refractivity contribution is -0.128. The molecule has 0 bridgehead atoms. The van der Waals surface area contributed by atoms with Crippen molar-refractivity contribution in [2.24, 2.45) is 0 Å². The number of nitrogens with one attached hydrogen (secondary N) is 1. The van der Waals surface area contributed by atoms with Crippen LogP contribution in [0, 0.1) is 6.92 Å². The van der Waals surface area contributed by atoms with Crippen molar-refractivity contribution in [1.29, 1.82) is 0 Å². The molecule has 2 rings (SSSR count). The molecule has 2 aromatic rings. The number of aryl methyl sites for hydroxylation is 2. The molecule has 5 nitrogen and oxygen atoms in total. The maximum Gasteiger partial charge on any atom is 0.265 e. The number of para-hydroxylation sites is 1. The van der Waals surface area contributed by atoms with Gasteiger partial charge < -0.3 is 15.0 Å². The number of anilines is 1. The molecule has 0 aliphatic carbocycles. The third-order valence-electron chi connectivity index (χ3n) is 4.11. The Hall–Kier alpha value is -2.82. The van der Waals surface area contributed by atoms with Gasteiger partial charge in [0, 0.05) is 26.2 Å². The van der Waals surface area contributed by atoms with Gasteiger partial charge in [0.15, 0.2) is 6.10 Å². The van der Waals surface area contributed by atoms with E-state index in [0.717, 1.165) is 11.1 Å². The zero-order valence-electron chi connectivity index (χ0n) is 15.8. The van der Waals surface area contributed by atoms with E-state index < -0.39 is 6.10 Å². The van der Waals surface area contributed by atoms with Crippen LogP contribution in [0.5, 0.6) is 5.75 Å². The molecule has 26 heavy (non-hydrogen) atoms. The lowest BCUT2D eigenvalue weighted by Crippen LogP contribution is -2.30. The first kappa shape index (κ1) is 19.5. The van der Waals surface area contributed by atoms with Crippen molar-refractivity contribution < 1.29 is 14.3 Å². The van der Waals surface area contributed by atoms with Crippen LogP contribution in [0.1, 0.15) is 24.5 Å². The monoisotopic (exact) mass is 354 g/mol. The highest BCUT2D eigenvalue weighted by Gasteiger charge is 2.15. The third kappa shape index (κ3) is 5.62. The number of hydrogen-bond acceptors (Lipinski definition) is 3. The molecule has 0 saturated heterocycles. The molecule has 0 saturated carbocycles. The van der Waals surface area contributed by atoms with Crippen molar-refractivity contribution in [3.63, 3.8) is 0 Å². The largest absolute Gasteiger partial charge is 0.481 e. The van der Waals surface area contributed by atoms with Crippen LogP contribution >= 0.6 is 0 Å². The summed E-state index contributed by atoms with van der Waals surface area (Å²) in [5.74, 6) is 0.601. The summed E-state index contributed by atoms with van der Waals surface area (Å²) in [4.78, 5) is 25.5. The molecule has 0 unspecified atom stereocenters. The molecule has 138 valence electrons. The number of nitrogens with zero attached hydrogens (tertiary/aromatic N) is 1. The van der Waals surface area contributed by atoms with Gasteiger partial charge in [0.1, 0.15) is 5.75 Å². The maximum absolute atomic E-state index is 12.3. The van der Waals surface area contributed by atoms with Gasteiger partial charge in [0.25, 0.3) is 5.91 Å². The highest BCUT2D eigenvalue weighted by Crippen LogP contribution is 2.18. The molecule has 2 aromatic carbocycles. The molecule has 0 aliphatic heterocycles. The van der Waals surface area contributed by atoms with Crippen molar-refractivity contribution in [2.45, 2.75) is 32.8 Å². The Labute approximate surface area is 155 Å². The molecule has 1 atom stereocenters. The van der Waals surface area contributed by atoms with Crippen LogP contribution in [-0.2, 0) is 16.0 Å². The van der Waals surface area contributed by atoms with Gasteiger partial charge in [-0.3, -0.25) is 9.59 Å². The fourth-order valence-electron chi connectivity index (χ4n) is 2.41. The predicted molar refractivity (Wildman–Crippen MR) is 103 cm³/mol. The van der Waals surface area contributed by atoms with Gasteiger partial charge in [-0.25, -0.2) is 0 Å². The number of hydrogen-bond donors (Lipinski definition) is 1. The molecule has 2 amide bonds. The number of benzene rings is 2. The Bertz CT molecular complexity index is 754. The van der Waals surface area contributed by atoms with E-state index in [1.807, 2.05) is 55.5 Å². The fourth-order valence-corrected chi connectivity index (χ4v) is 2.41. The van der Waals surface area contributed by atoms with E-state index in [9.17, 15) is 9.59 Å². The first-order valence-corrected chi connectivity index (χ1v) is 8.69. The third-order valence-corrected chi connectivity index (χ3v) is 4.11. The molecule has 0 heterocycles. The minimum atomic E-state index is -0.603. The molecule has 1 N–H and O–H groups in total. The van der Waals surface area contributed by atoms with E-state index in [-0.39, 0.29) is 11.8 Å². The van der Waals surface area contributed by atoms with Crippen molar-refractivity contribution in [3.05, 3.63) is 59.7 Å². The van der Waals surface area contributed by atoms with Gasteiger partial charge in [-0.15, -0.1) is 0 Å². The van der Waals surface area contributed by atoms with Gasteiger partial charge >= 0.3 is 0 Å². The summed E-state index contributed by atoms with van der Waals surface area (Å²) in [7, 11) is 3.50. The van der Waals surface area contributed by atoms with E-state index >= 15 is 0 Å². The van der Waals surface area contributed by atoms with Crippen LogP contribution < -0.4 is 10.1 Å². The van der Waals surface area contributed by atoms with Crippen LogP contribution in [0.2, 0.25) is 0 Å². The number of amides is 2. The number of rotatable bonds is 7.